The summed E-state index contributed by atoms with van der Waals surface area (Å²) < 4.78 is 6.90. The van der Waals surface area contributed by atoms with Gasteiger partial charge in [0.2, 0.25) is 0 Å². The molecule has 8 aliphatic rings. The minimum Gasteiger partial charge on any atom is -0.456 e. The summed E-state index contributed by atoms with van der Waals surface area (Å²) in [5, 5.41) is 2.28. The van der Waals surface area contributed by atoms with Gasteiger partial charge in [0.15, 0.2) is 5.82 Å². The number of fused-ring (bicyclic) bond motifs is 6. The van der Waals surface area contributed by atoms with Crippen LogP contribution in [-0.4, -0.2) is 15.0 Å². The number of hydrogen-bond donors (Lipinski definition) is 0. The van der Waals surface area contributed by atoms with Crippen molar-refractivity contribution in [2.75, 3.05) is 4.90 Å². The highest BCUT2D eigenvalue weighted by Gasteiger charge is 2.60. The number of anilines is 3. The Morgan fingerprint density at radius 1 is 0.492 bits per heavy atom. The highest BCUT2D eigenvalue weighted by Crippen LogP contribution is 2.65. The van der Waals surface area contributed by atoms with Gasteiger partial charge in [-0.25, -0.2) is 15.0 Å². The number of benzene rings is 6. The second-order valence-electron chi connectivity index (χ2n) is 21.8. The van der Waals surface area contributed by atoms with E-state index in [1.165, 1.54) is 93.7 Å². The van der Waals surface area contributed by atoms with E-state index in [1.807, 2.05) is 0 Å². The van der Waals surface area contributed by atoms with Crippen LogP contribution in [0.5, 0.6) is 0 Å². The summed E-state index contributed by atoms with van der Waals surface area (Å²) in [5.74, 6) is 8.28. The first-order valence-corrected chi connectivity index (χ1v) is 24.9. The first-order valence-electron chi connectivity index (χ1n) is 24.9. The molecule has 0 amide bonds. The molecule has 2 atom stereocenters. The number of rotatable bonds is 6. The van der Waals surface area contributed by atoms with Gasteiger partial charge in [-0.05, 0) is 152 Å². The van der Waals surface area contributed by atoms with E-state index >= 15 is 0 Å². The van der Waals surface area contributed by atoms with Gasteiger partial charge in [0.05, 0.1) is 16.8 Å². The number of furan rings is 1. The maximum atomic E-state index is 6.90. The van der Waals surface area contributed by atoms with E-state index in [0.29, 0.717) is 0 Å². The molecule has 0 radical (unpaired) electrons. The van der Waals surface area contributed by atoms with Crippen LogP contribution in [0, 0.1) is 35.5 Å². The molecular formula is C60H54N4O. The lowest BCUT2D eigenvalue weighted by Crippen LogP contribution is -2.49. The zero-order valence-electron chi connectivity index (χ0n) is 37.0. The van der Waals surface area contributed by atoms with Crippen molar-refractivity contribution in [1.29, 1.82) is 0 Å². The SMILES string of the molecule is c1ccc(C2(c3cccc4c3oc3ccccc34)c3ccccc3N(c3ccc(-c4nc(C56CC7CC(CC(C7)C5)C6)nc(C56CC7CCCC(C5)C7C6)n4)cc3)c3ccccc32)cc1. The minimum atomic E-state index is -0.662. The average molecular weight is 847 g/mol. The Labute approximate surface area is 381 Å². The fraction of sp³-hybridized carbons (Fsp3) is 0.350. The van der Waals surface area contributed by atoms with Crippen LogP contribution in [-0.2, 0) is 16.2 Å². The van der Waals surface area contributed by atoms with Crippen LogP contribution in [0.15, 0.2) is 150 Å². The van der Waals surface area contributed by atoms with Crippen molar-refractivity contribution in [3.05, 3.63) is 179 Å². The summed E-state index contributed by atoms with van der Waals surface area (Å²) in [4.78, 5) is 19.4. The van der Waals surface area contributed by atoms with Crippen molar-refractivity contribution in [3.8, 4) is 11.4 Å². The van der Waals surface area contributed by atoms with Crippen molar-refractivity contribution < 1.29 is 4.42 Å². The molecule has 0 N–H and O–H groups in total. The summed E-state index contributed by atoms with van der Waals surface area (Å²) in [6.07, 6.45) is 16.1. The maximum Gasteiger partial charge on any atom is 0.163 e. The van der Waals surface area contributed by atoms with Gasteiger partial charge in [0.25, 0.3) is 0 Å². The summed E-state index contributed by atoms with van der Waals surface area (Å²) in [5.41, 5.74) is 10.7. The predicted octanol–water partition coefficient (Wildman–Crippen LogP) is 14.5. The summed E-state index contributed by atoms with van der Waals surface area (Å²) in [7, 11) is 0. The van der Waals surface area contributed by atoms with E-state index in [4.69, 9.17) is 19.4 Å². The molecule has 65 heavy (non-hydrogen) atoms. The van der Waals surface area contributed by atoms with Gasteiger partial charge in [-0.3, -0.25) is 0 Å². The molecule has 7 fully saturated rings. The number of hydrogen-bond acceptors (Lipinski definition) is 5. The Bertz CT molecular complexity index is 3100. The largest absolute Gasteiger partial charge is 0.456 e. The van der Waals surface area contributed by atoms with Gasteiger partial charge >= 0.3 is 0 Å². The van der Waals surface area contributed by atoms with Gasteiger partial charge in [-0.15, -0.1) is 0 Å². The topological polar surface area (TPSA) is 55.1 Å². The van der Waals surface area contributed by atoms with Crippen molar-refractivity contribution >= 4 is 39.0 Å². The molecular weight excluding hydrogens is 793 g/mol. The van der Waals surface area contributed by atoms with E-state index in [1.54, 1.807) is 0 Å². The third-order valence-electron chi connectivity index (χ3n) is 18.4. The monoisotopic (exact) mass is 846 g/mol. The molecule has 2 unspecified atom stereocenters. The Balaban J connectivity index is 0.886. The Kier molecular flexibility index (Phi) is 7.72. The summed E-state index contributed by atoms with van der Waals surface area (Å²) >= 11 is 0. The molecule has 16 rings (SSSR count). The van der Waals surface area contributed by atoms with Crippen molar-refractivity contribution in [3.63, 3.8) is 0 Å². The molecule has 6 aromatic carbocycles. The Morgan fingerprint density at radius 3 is 1.72 bits per heavy atom. The highest BCUT2D eigenvalue weighted by molar-refractivity contribution is 6.07. The van der Waals surface area contributed by atoms with Crippen LogP contribution < -0.4 is 4.90 Å². The molecule has 1 aliphatic heterocycles. The molecule has 7 aliphatic carbocycles. The molecule has 5 heteroatoms. The molecule has 6 bridgehead atoms. The fourth-order valence-corrected chi connectivity index (χ4v) is 16.4. The third kappa shape index (κ3) is 5.19. The van der Waals surface area contributed by atoms with Gasteiger partial charge in [-0.1, -0.05) is 122 Å². The van der Waals surface area contributed by atoms with Crippen LogP contribution in [0.1, 0.15) is 111 Å². The quantitative estimate of drug-likeness (QED) is 0.167. The van der Waals surface area contributed by atoms with Crippen molar-refractivity contribution in [1.82, 2.24) is 15.0 Å². The second-order valence-corrected chi connectivity index (χ2v) is 21.8. The lowest BCUT2D eigenvalue weighted by Gasteiger charge is -2.56. The van der Waals surface area contributed by atoms with Gasteiger partial charge < -0.3 is 9.32 Å². The van der Waals surface area contributed by atoms with Crippen LogP contribution in [0.3, 0.4) is 0 Å². The fourth-order valence-electron chi connectivity index (χ4n) is 16.4. The smallest absolute Gasteiger partial charge is 0.163 e. The van der Waals surface area contributed by atoms with Gasteiger partial charge in [0.1, 0.15) is 22.8 Å². The molecule has 5 nitrogen and oxygen atoms in total. The molecule has 0 saturated heterocycles. The van der Waals surface area contributed by atoms with E-state index < -0.39 is 5.41 Å². The van der Waals surface area contributed by atoms with Crippen LogP contribution >= 0.6 is 0 Å². The number of aromatic nitrogens is 3. The summed E-state index contributed by atoms with van der Waals surface area (Å²) in [6, 6.07) is 53.5. The first-order chi connectivity index (χ1) is 32.1. The lowest BCUT2D eigenvalue weighted by atomic mass is 9.49. The van der Waals surface area contributed by atoms with Crippen LogP contribution in [0.4, 0.5) is 17.1 Å². The zero-order chi connectivity index (χ0) is 42.5. The van der Waals surface area contributed by atoms with Crippen molar-refractivity contribution in [2.45, 2.75) is 93.3 Å². The van der Waals surface area contributed by atoms with E-state index in [-0.39, 0.29) is 10.8 Å². The Morgan fingerprint density at radius 2 is 1.06 bits per heavy atom. The molecule has 7 saturated carbocycles. The summed E-state index contributed by atoms with van der Waals surface area (Å²) in [6.45, 7) is 0. The molecule has 3 heterocycles. The van der Waals surface area contributed by atoms with Crippen LogP contribution in [0.2, 0.25) is 0 Å². The normalized spacial score (nSPS) is 29.9. The maximum absolute atomic E-state index is 6.90. The highest BCUT2D eigenvalue weighted by atomic mass is 16.3. The molecule has 8 aromatic rings. The van der Waals surface area contributed by atoms with E-state index in [2.05, 4.69) is 150 Å². The van der Waals surface area contributed by atoms with Crippen molar-refractivity contribution in [2.24, 2.45) is 35.5 Å². The van der Waals surface area contributed by atoms with Gasteiger partial charge in [-0.2, -0.15) is 0 Å². The van der Waals surface area contributed by atoms with Gasteiger partial charge in [0, 0.05) is 38.4 Å². The van der Waals surface area contributed by atoms with E-state index in [9.17, 15) is 0 Å². The average Bonchev–Trinajstić information content (AvgIpc) is 4.05. The standard InChI is InChI=1S/C60H54N4O/c1-2-14-43(15-3-1)60(50-20-11-17-46-45-16-4-9-23-53(45)65-54(46)50)48-18-5-7-21-51(48)64(52-22-8-6-19-49(52)60)44-26-24-40(25-27-44)55-61-56(58-31-37-28-38(32-58)30-39(29-37)33-58)63-57(62-55)59-34-41-12-10-13-42(35-59)47(41)36-59/h1-9,11,14-27,37-39,41-42,47H,10,12-13,28-36H2. The third-order valence-corrected chi connectivity index (χ3v) is 18.4. The Hall–Kier alpha value is -6.07. The minimum absolute atomic E-state index is 0.115. The molecule has 0 spiro atoms. The molecule has 2 aromatic heterocycles. The molecule has 320 valence electrons. The zero-order valence-corrected chi connectivity index (χ0v) is 37.0. The second kappa shape index (κ2) is 13.5. The first kappa shape index (κ1) is 37.2. The number of nitrogens with zero attached hydrogens (tertiary/aromatic N) is 4. The predicted molar refractivity (Wildman–Crippen MR) is 259 cm³/mol. The van der Waals surface area contributed by atoms with Crippen LogP contribution in [0.25, 0.3) is 33.3 Å². The lowest BCUT2D eigenvalue weighted by molar-refractivity contribution is -0.00971. The van der Waals surface area contributed by atoms with E-state index in [0.717, 1.165) is 103 Å². The number of para-hydroxylation sites is 4.